The van der Waals surface area contributed by atoms with Gasteiger partial charge >= 0.3 is 0 Å². The Kier molecular flexibility index (Phi) is 6.05. The Morgan fingerprint density at radius 1 is 1.25 bits per heavy atom. The van der Waals surface area contributed by atoms with E-state index < -0.39 is 6.04 Å². The number of carbonyl (C=O) groups is 1. The number of benzene rings is 2. The molecule has 2 aromatic rings. The van der Waals surface area contributed by atoms with E-state index in [1.165, 1.54) is 7.11 Å². The summed E-state index contributed by atoms with van der Waals surface area (Å²) in [6, 6.07) is 13.5. The SMILES string of the molecule is COc1ccc(CC(=O)N[C@@H](C#N)c2ccccc2OC)c(Cl)c1. The molecule has 0 aliphatic rings. The second-order valence-electron chi connectivity index (χ2n) is 5.01. The fourth-order valence-electron chi connectivity index (χ4n) is 2.27. The molecule has 6 heteroatoms. The van der Waals surface area contributed by atoms with Gasteiger partial charge in [-0.2, -0.15) is 5.26 Å². The topological polar surface area (TPSA) is 71.3 Å². The van der Waals surface area contributed by atoms with E-state index in [2.05, 4.69) is 11.4 Å². The molecule has 0 unspecified atom stereocenters. The van der Waals surface area contributed by atoms with Gasteiger partial charge in [0.05, 0.1) is 26.7 Å². The number of rotatable bonds is 6. The zero-order valence-electron chi connectivity index (χ0n) is 13.4. The third kappa shape index (κ3) is 4.18. The van der Waals surface area contributed by atoms with Crippen molar-refractivity contribution in [1.82, 2.24) is 5.32 Å². The smallest absolute Gasteiger partial charge is 0.225 e. The lowest BCUT2D eigenvalue weighted by molar-refractivity contribution is -0.120. The van der Waals surface area contributed by atoms with Gasteiger partial charge in [-0.25, -0.2) is 0 Å². The first kappa shape index (κ1) is 17.6. The minimum absolute atomic E-state index is 0.0656. The molecule has 0 radical (unpaired) electrons. The molecule has 124 valence electrons. The molecule has 24 heavy (non-hydrogen) atoms. The predicted octanol–water partition coefficient (Wildman–Crippen LogP) is 3.28. The Morgan fingerprint density at radius 2 is 2.00 bits per heavy atom. The summed E-state index contributed by atoms with van der Waals surface area (Å²) in [6.45, 7) is 0. The van der Waals surface area contributed by atoms with Crippen LogP contribution in [0, 0.1) is 11.3 Å². The average molecular weight is 345 g/mol. The molecule has 0 fully saturated rings. The maximum Gasteiger partial charge on any atom is 0.225 e. The molecule has 5 nitrogen and oxygen atoms in total. The largest absolute Gasteiger partial charge is 0.497 e. The van der Waals surface area contributed by atoms with E-state index in [1.807, 2.05) is 0 Å². The van der Waals surface area contributed by atoms with Crippen LogP contribution in [0.2, 0.25) is 5.02 Å². The molecule has 1 amide bonds. The lowest BCUT2D eigenvalue weighted by Crippen LogP contribution is -2.29. The molecule has 0 aliphatic heterocycles. The number of halogens is 1. The van der Waals surface area contributed by atoms with Crippen molar-refractivity contribution < 1.29 is 14.3 Å². The first-order valence-corrected chi connectivity index (χ1v) is 7.61. The Balaban J connectivity index is 2.12. The summed E-state index contributed by atoms with van der Waals surface area (Å²) >= 11 is 6.14. The van der Waals surface area contributed by atoms with E-state index in [1.54, 1.807) is 49.6 Å². The maximum atomic E-state index is 12.3. The van der Waals surface area contributed by atoms with Crippen LogP contribution in [-0.4, -0.2) is 20.1 Å². The molecule has 1 atom stereocenters. The summed E-state index contributed by atoms with van der Waals surface area (Å²) in [6.07, 6.45) is 0.0656. The van der Waals surface area contributed by atoms with Crippen molar-refractivity contribution in [2.75, 3.05) is 14.2 Å². The van der Waals surface area contributed by atoms with Gasteiger partial charge in [-0.15, -0.1) is 0 Å². The van der Waals surface area contributed by atoms with E-state index in [4.69, 9.17) is 21.1 Å². The minimum atomic E-state index is -0.800. The molecular weight excluding hydrogens is 328 g/mol. The molecule has 0 bridgehead atoms. The van der Waals surface area contributed by atoms with Gasteiger partial charge in [0.2, 0.25) is 5.91 Å². The van der Waals surface area contributed by atoms with E-state index in [9.17, 15) is 10.1 Å². The average Bonchev–Trinajstić information content (AvgIpc) is 2.61. The molecule has 2 aromatic carbocycles. The Hall–Kier alpha value is -2.71. The van der Waals surface area contributed by atoms with Crippen molar-refractivity contribution in [2.45, 2.75) is 12.5 Å². The van der Waals surface area contributed by atoms with Crippen molar-refractivity contribution in [2.24, 2.45) is 0 Å². The van der Waals surface area contributed by atoms with Crippen LogP contribution in [0.25, 0.3) is 0 Å². The molecular formula is C18H17ClN2O3. The van der Waals surface area contributed by atoms with Crippen molar-refractivity contribution in [3.05, 3.63) is 58.6 Å². The van der Waals surface area contributed by atoms with Gasteiger partial charge < -0.3 is 14.8 Å². The van der Waals surface area contributed by atoms with Gasteiger partial charge in [-0.1, -0.05) is 35.9 Å². The van der Waals surface area contributed by atoms with Crippen LogP contribution in [0.15, 0.2) is 42.5 Å². The van der Waals surface area contributed by atoms with Gasteiger partial charge in [-0.05, 0) is 23.8 Å². The van der Waals surface area contributed by atoms with Gasteiger partial charge in [0, 0.05) is 10.6 Å². The molecule has 0 heterocycles. The summed E-state index contributed by atoms with van der Waals surface area (Å²) in [5.41, 5.74) is 1.27. The standard InChI is InChI=1S/C18H17ClN2O3/c1-23-13-8-7-12(15(19)10-13)9-18(22)21-16(11-20)14-5-3-4-6-17(14)24-2/h3-8,10,16H,9H2,1-2H3,(H,21,22)/t16-/m0/s1. The van der Waals surface area contributed by atoms with Crippen molar-refractivity contribution in [3.8, 4) is 17.6 Å². The van der Waals surface area contributed by atoms with Crippen LogP contribution in [0.3, 0.4) is 0 Å². The second kappa shape index (κ2) is 8.23. The third-order valence-electron chi connectivity index (χ3n) is 3.50. The predicted molar refractivity (Wildman–Crippen MR) is 91.2 cm³/mol. The fourth-order valence-corrected chi connectivity index (χ4v) is 2.51. The van der Waals surface area contributed by atoms with Crippen LogP contribution < -0.4 is 14.8 Å². The van der Waals surface area contributed by atoms with Crippen LogP contribution in [0.4, 0.5) is 0 Å². The van der Waals surface area contributed by atoms with Crippen molar-refractivity contribution >= 4 is 17.5 Å². The molecule has 0 aliphatic carbocycles. The number of amides is 1. The molecule has 0 aromatic heterocycles. The first-order valence-electron chi connectivity index (χ1n) is 7.23. The molecule has 0 spiro atoms. The van der Waals surface area contributed by atoms with E-state index in [0.717, 1.165) is 0 Å². The highest BCUT2D eigenvalue weighted by atomic mass is 35.5. The molecule has 0 saturated carbocycles. The number of ether oxygens (including phenoxy) is 2. The van der Waals surface area contributed by atoms with Crippen LogP contribution >= 0.6 is 11.6 Å². The second-order valence-corrected chi connectivity index (χ2v) is 5.41. The zero-order chi connectivity index (χ0) is 17.5. The van der Waals surface area contributed by atoms with Crippen LogP contribution in [0.1, 0.15) is 17.2 Å². The summed E-state index contributed by atoms with van der Waals surface area (Å²) in [7, 11) is 3.06. The van der Waals surface area contributed by atoms with E-state index in [-0.39, 0.29) is 12.3 Å². The van der Waals surface area contributed by atoms with Crippen molar-refractivity contribution in [1.29, 1.82) is 5.26 Å². The van der Waals surface area contributed by atoms with Crippen LogP contribution in [0.5, 0.6) is 11.5 Å². The van der Waals surface area contributed by atoms with Gasteiger partial charge in [0.15, 0.2) is 0 Å². The number of methoxy groups -OCH3 is 2. The Morgan fingerprint density at radius 3 is 2.62 bits per heavy atom. The summed E-state index contributed by atoms with van der Waals surface area (Å²) in [5, 5.41) is 12.5. The van der Waals surface area contributed by atoms with E-state index in [0.29, 0.717) is 27.6 Å². The lowest BCUT2D eigenvalue weighted by Gasteiger charge is -2.15. The first-order chi connectivity index (χ1) is 11.6. The number of para-hydroxylation sites is 1. The zero-order valence-corrected chi connectivity index (χ0v) is 14.1. The third-order valence-corrected chi connectivity index (χ3v) is 3.85. The van der Waals surface area contributed by atoms with Gasteiger partial charge in [0.1, 0.15) is 17.5 Å². The quantitative estimate of drug-likeness (QED) is 0.873. The highest BCUT2D eigenvalue weighted by Gasteiger charge is 2.18. The monoisotopic (exact) mass is 344 g/mol. The molecule has 1 N–H and O–H groups in total. The number of hydrogen-bond acceptors (Lipinski definition) is 4. The summed E-state index contributed by atoms with van der Waals surface area (Å²) < 4.78 is 10.3. The lowest BCUT2D eigenvalue weighted by atomic mass is 10.1. The normalized spacial score (nSPS) is 11.2. The molecule has 2 rings (SSSR count). The number of hydrogen-bond donors (Lipinski definition) is 1. The highest BCUT2D eigenvalue weighted by Crippen LogP contribution is 2.25. The van der Waals surface area contributed by atoms with Gasteiger partial charge in [-0.3, -0.25) is 4.79 Å². The number of nitriles is 1. The number of carbonyl (C=O) groups excluding carboxylic acids is 1. The highest BCUT2D eigenvalue weighted by molar-refractivity contribution is 6.31. The van der Waals surface area contributed by atoms with Gasteiger partial charge in [0.25, 0.3) is 0 Å². The number of nitrogens with one attached hydrogen (secondary N) is 1. The Labute approximate surface area is 145 Å². The minimum Gasteiger partial charge on any atom is -0.497 e. The fraction of sp³-hybridized carbons (Fsp3) is 0.222. The number of nitrogens with zero attached hydrogens (tertiary/aromatic N) is 1. The maximum absolute atomic E-state index is 12.3. The summed E-state index contributed by atoms with van der Waals surface area (Å²) in [5.74, 6) is 0.861. The summed E-state index contributed by atoms with van der Waals surface area (Å²) in [4.78, 5) is 12.3. The molecule has 0 saturated heterocycles. The van der Waals surface area contributed by atoms with Crippen LogP contribution in [-0.2, 0) is 11.2 Å². The van der Waals surface area contributed by atoms with E-state index >= 15 is 0 Å². The Bertz CT molecular complexity index is 771. The van der Waals surface area contributed by atoms with Crippen molar-refractivity contribution in [3.63, 3.8) is 0 Å².